The van der Waals surface area contributed by atoms with E-state index in [1.54, 1.807) is 24.7 Å². The Morgan fingerprint density at radius 2 is 2.18 bits per heavy atom. The van der Waals surface area contributed by atoms with E-state index < -0.39 is 12.6 Å². The normalized spacial score (nSPS) is 16.5. The number of carbonyl (C=O) groups is 1. The van der Waals surface area contributed by atoms with Crippen molar-refractivity contribution in [1.29, 1.82) is 0 Å². The smallest absolute Gasteiger partial charge is 0.341 e. The number of nitrogens with zero attached hydrogens (tertiary/aromatic N) is 4. The van der Waals surface area contributed by atoms with Gasteiger partial charge < -0.3 is 19.6 Å². The first-order valence-electron chi connectivity index (χ1n) is 11.2. The summed E-state index contributed by atoms with van der Waals surface area (Å²) in [6.07, 6.45) is 10.2. The number of imidazole rings is 1. The van der Waals surface area contributed by atoms with Gasteiger partial charge in [-0.25, -0.2) is 14.8 Å². The molecule has 2 aromatic heterocycles. The van der Waals surface area contributed by atoms with Crippen LogP contribution in [0.15, 0.2) is 43.0 Å². The summed E-state index contributed by atoms with van der Waals surface area (Å²) in [5.74, 6) is 1.25. The maximum Gasteiger partial charge on any atom is 0.341 e. The van der Waals surface area contributed by atoms with Crippen molar-refractivity contribution in [2.24, 2.45) is 5.92 Å². The summed E-state index contributed by atoms with van der Waals surface area (Å²) in [5, 5.41) is 8.87. The van der Waals surface area contributed by atoms with Crippen LogP contribution in [-0.2, 0) is 17.8 Å². The molecule has 0 amide bonds. The second-order valence-electron chi connectivity index (χ2n) is 8.18. The van der Waals surface area contributed by atoms with E-state index in [1.165, 1.54) is 0 Å². The van der Waals surface area contributed by atoms with Crippen molar-refractivity contribution in [2.45, 2.75) is 32.7 Å². The van der Waals surface area contributed by atoms with Crippen molar-refractivity contribution in [3.8, 4) is 23.0 Å². The minimum absolute atomic E-state index is 0.392. The van der Waals surface area contributed by atoms with Crippen LogP contribution in [-0.4, -0.2) is 62.2 Å². The summed E-state index contributed by atoms with van der Waals surface area (Å²) in [4.78, 5) is 29.7. The number of ether oxygens (including phenoxy) is 2. The van der Waals surface area contributed by atoms with Crippen molar-refractivity contribution >= 4 is 5.97 Å². The number of H-pyrrole nitrogens is 1. The van der Waals surface area contributed by atoms with Gasteiger partial charge in [0.2, 0.25) is 0 Å². The lowest BCUT2D eigenvalue weighted by Crippen LogP contribution is -2.35. The van der Waals surface area contributed by atoms with E-state index >= 15 is 0 Å². The number of aliphatic carboxylic acids is 1. The molecular weight excluding hydrogens is 422 g/mol. The number of hydrogen-bond acceptors (Lipinski definition) is 7. The molecule has 0 spiro atoms. The molecule has 1 aliphatic heterocycles. The van der Waals surface area contributed by atoms with Crippen molar-refractivity contribution in [1.82, 2.24) is 24.8 Å². The predicted octanol–water partition coefficient (Wildman–Crippen LogP) is 3.18. The standard InChI is InChI=1S/C24H29N5O4/c1-2-32-22-11-18(5-6-21(22)33-16-23(30)31)15-29-9-3-4-17(14-29)10-19-12-25-13-20(28-19)24-26-7-8-27-24/h5-8,11-13,17H,2-4,9-10,14-16H2,1H3,(H,26,27)(H,30,31). The molecule has 1 unspecified atom stereocenters. The van der Waals surface area contributed by atoms with Crippen LogP contribution in [0.4, 0.5) is 0 Å². The Morgan fingerprint density at radius 1 is 1.27 bits per heavy atom. The van der Waals surface area contributed by atoms with Gasteiger partial charge in [0.25, 0.3) is 0 Å². The van der Waals surface area contributed by atoms with Gasteiger partial charge in [-0.1, -0.05) is 6.07 Å². The van der Waals surface area contributed by atoms with Gasteiger partial charge in [0, 0.05) is 31.7 Å². The van der Waals surface area contributed by atoms with Crippen molar-refractivity contribution in [2.75, 3.05) is 26.3 Å². The Labute approximate surface area is 192 Å². The molecule has 1 aromatic carbocycles. The second kappa shape index (κ2) is 10.9. The molecule has 0 bridgehead atoms. The van der Waals surface area contributed by atoms with Gasteiger partial charge in [-0.05, 0) is 56.3 Å². The molecule has 1 atom stereocenters. The molecule has 0 saturated carbocycles. The van der Waals surface area contributed by atoms with E-state index in [9.17, 15) is 4.79 Å². The number of aromatic amines is 1. The third-order valence-corrected chi connectivity index (χ3v) is 5.59. The van der Waals surface area contributed by atoms with Gasteiger partial charge in [0.15, 0.2) is 23.9 Å². The summed E-state index contributed by atoms with van der Waals surface area (Å²) in [6, 6.07) is 5.71. The van der Waals surface area contributed by atoms with Gasteiger partial charge >= 0.3 is 5.97 Å². The zero-order chi connectivity index (χ0) is 23.0. The highest BCUT2D eigenvalue weighted by molar-refractivity contribution is 5.68. The van der Waals surface area contributed by atoms with Crippen LogP contribution in [0.1, 0.15) is 31.0 Å². The predicted molar refractivity (Wildman–Crippen MR) is 122 cm³/mol. The molecule has 33 heavy (non-hydrogen) atoms. The van der Waals surface area contributed by atoms with E-state index in [0.29, 0.717) is 24.0 Å². The zero-order valence-corrected chi connectivity index (χ0v) is 18.7. The average Bonchev–Trinajstić information content (AvgIpc) is 3.34. The summed E-state index contributed by atoms with van der Waals surface area (Å²) >= 11 is 0. The molecule has 3 heterocycles. The number of rotatable bonds is 10. The van der Waals surface area contributed by atoms with Crippen LogP contribution in [0.5, 0.6) is 11.5 Å². The maximum absolute atomic E-state index is 10.8. The monoisotopic (exact) mass is 451 g/mol. The molecule has 1 fully saturated rings. The fourth-order valence-electron chi connectivity index (χ4n) is 4.22. The lowest BCUT2D eigenvalue weighted by Gasteiger charge is -2.32. The minimum atomic E-state index is -1.01. The first-order valence-corrected chi connectivity index (χ1v) is 11.2. The first-order chi connectivity index (χ1) is 16.1. The van der Waals surface area contributed by atoms with Crippen LogP contribution in [0.2, 0.25) is 0 Å². The van der Waals surface area contributed by atoms with E-state index in [-0.39, 0.29) is 0 Å². The number of carboxylic acids is 1. The van der Waals surface area contributed by atoms with Crippen molar-refractivity contribution < 1.29 is 19.4 Å². The SMILES string of the molecule is CCOc1cc(CN2CCCC(Cc3cncc(-c4ncc[nH]4)n3)C2)ccc1OCC(=O)O. The lowest BCUT2D eigenvalue weighted by molar-refractivity contribution is -0.139. The number of piperidine rings is 1. The Morgan fingerprint density at radius 3 is 2.97 bits per heavy atom. The van der Waals surface area contributed by atoms with Gasteiger partial charge in [0.1, 0.15) is 5.69 Å². The molecule has 1 aliphatic rings. The Hall–Kier alpha value is -3.46. The van der Waals surface area contributed by atoms with E-state index in [2.05, 4.69) is 19.9 Å². The highest BCUT2D eigenvalue weighted by Crippen LogP contribution is 2.30. The molecule has 1 saturated heterocycles. The molecular formula is C24H29N5O4. The number of hydrogen-bond donors (Lipinski definition) is 2. The highest BCUT2D eigenvalue weighted by Gasteiger charge is 2.22. The number of benzene rings is 1. The van der Waals surface area contributed by atoms with Gasteiger partial charge in [-0.3, -0.25) is 9.88 Å². The quantitative estimate of drug-likeness (QED) is 0.483. The highest BCUT2D eigenvalue weighted by atomic mass is 16.5. The molecule has 2 N–H and O–H groups in total. The molecule has 4 rings (SSSR count). The average molecular weight is 452 g/mol. The minimum Gasteiger partial charge on any atom is -0.490 e. The van der Waals surface area contributed by atoms with E-state index in [4.69, 9.17) is 19.6 Å². The maximum atomic E-state index is 10.8. The van der Waals surface area contributed by atoms with Crippen LogP contribution in [0, 0.1) is 5.92 Å². The van der Waals surface area contributed by atoms with Gasteiger partial charge in [0.05, 0.1) is 18.5 Å². The molecule has 0 aliphatic carbocycles. The van der Waals surface area contributed by atoms with Gasteiger partial charge in [-0.15, -0.1) is 0 Å². The van der Waals surface area contributed by atoms with Crippen molar-refractivity contribution in [3.05, 3.63) is 54.2 Å². The third-order valence-electron chi connectivity index (χ3n) is 5.59. The summed E-state index contributed by atoms with van der Waals surface area (Å²) in [7, 11) is 0. The number of nitrogens with one attached hydrogen (secondary N) is 1. The molecule has 174 valence electrons. The Kier molecular flexibility index (Phi) is 7.51. The summed E-state index contributed by atoms with van der Waals surface area (Å²) in [5.41, 5.74) is 2.86. The first kappa shape index (κ1) is 22.7. The second-order valence-corrected chi connectivity index (χ2v) is 8.18. The van der Waals surface area contributed by atoms with Crippen LogP contribution in [0.25, 0.3) is 11.5 Å². The zero-order valence-electron chi connectivity index (χ0n) is 18.7. The summed E-state index contributed by atoms with van der Waals surface area (Å²) in [6.45, 7) is 4.80. The molecule has 9 heteroatoms. The number of likely N-dealkylation sites (tertiary alicyclic amines) is 1. The third kappa shape index (κ3) is 6.29. The molecule has 0 radical (unpaired) electrons. The van der Waals surface area contributed by atoms with Crippen LogP contribution >= 0.6 is 0 Å². The topological polar surface area (TPSA) is 113 Å². The largest absolute Gasteiger partial charge is 0.490 e. The van der Waals surface area contributed by atoms with Crippen molar-refractivity contribution in [3.63, 3.8) is 0 Å². The van der Waals surface area contributed by atoms with E-state index in [1.807, 2.05) is 25.3 Å². The van der Waals surface area contributed by atoms with E-state index in [0.717, 1.165) is 61.7 Å². The van der Waals surface area contributed by atoms with Crippen LogP contribution in [0.3, 0.4) is 0 Å². The Bertz CT molecular complexity index is 1060. The van der Waals surface area contributed by atoms with Gasteiger partial charge in [-0.2, -0.15) is 0 Å². The Balaban J connectivity index is 1.38. The molecule has 3 aromatic rings. The fourth-order valence-corrected chi connectivity index (χ4v) is 4.22. The number of carboxylic acid groups (broad SMARTS) is 1. The number of aromatic nitrogens is 4. The summed E-state index contributed by atoms with van der Waals surface area (Å²) < 4.78 is 11.0. The fraction of sp³-hybridized carbons (Fsp3) is 0.417. The molecule has 9 nitrogen and oxygen atoms in total. The van der Waals surface area contributed by atoms with Crippen LogP contribution < -0.4 is 9.47 Å². The lowest BCUT2D eigenvalue weighted by atomic mass is 9.93.